The second kappa shape index (κ2) is 35.6. The van der Waals surface area contributed by atoms with Crippen molar-refractivity contribution < 1.29 is 39.8 Å². The fourth-order valence-corrected chi connectivity index (χ4v) is 7.51. The third-order valence-corrected chi connectivity index (χ3v) is 11.2. The van der Waals surface area contributed by atoms with Gasteiger partial charge in [-0.1, -0.05) is 200 Å². The van der Waals surface area contributed by atoms with Crippen molar-refractivity contribution in [1.29, 1.82) is 0 Å². The molecule has 6 N–H and O–H groups in total. The normalized spacial score (nSPS) is 21.5. The summed E-state index contributed by atoms with van der Waals surface area (Å²) in [6.07, 6.45) is 31.0. The van der Waals surface area contributed by atoms with Crippen molar-refractivity contribution in [1.82, 2.24) is 5.32 Å². The molecule has 0 aromatic rings. The zero-order chi connectivity index (χ0) is 38.8. The summed E-state index contributed by atoms with van der Waals surface area (Å²) in [5, 5.41) is 54.3. The summed E-state index contributed by atoms with van der Waals surface area (Å²) in [5.74, 6) is -0.141. The molecule has 316 valence electrons. The molecule has 9 heteroatoms. The van der Waals surface area contributed by atoms with E-state index in [0.717, 1.165) is 38.5 Å². The predicted octanol–water partition coefficient (Wildman–Crippen LogP) is 9.17. The molecule has 1 fully saturated rings. The van der Waals surface area contributed by atoms with Gasteiger partial charge in [0.25, 0.3) is 0 Å². The average Bonchev–Trinajstić information content (AvgIpc) is 3.16. The predicted molar refractivity (Wildman–Crippen MR) is 217 cm³/mol. The maximum absolute atomic E-state index is 12.9. The van der Waals surface area contributed by atoms with Crippen LogP contribution in [0.4, 0.5) is 0 Å². The Bertz CT molecular complexity index is 801. The van der Waals surface area contributed by atoms with Gasteiger partial charge in [-0.3, -0.25) is 4.79 Å². The molecule has 0 aliphatic carbocycles. The third-order valence-electron chi connectivity index (χ3n) is 11.2. The van der Waals surface area contributed by atoms with E-state index >= 15 is 0 Å². The minimum Gasteiger partial charge on any atom is -0.394 e. The second-order valence-electron chi connectivity index (χ2n) is 16.2. The van der Waals surface area contributed by atoms with E-state index < -0.39 is 49.5 Å². The number of nitrogens with one attached hydrogen (secondary N) is 1. The summed E-state index contributed by atoms with van der Waals surface area (Å²) in [7, 11) is 0. The molecule has 7 atom stereocenters. The number of hydrogen-bond acceptors (Lipinski definition) is 8. The first-order valence-electron chi connectivity index (χ1n) is 22.7. The van der Waals surface area contributed by atoms with E-state index in [0.29, 0.717) is 12.8 Å². The van der Waals surface area contributed by atoms with E-state index in [9.17, 15) is 30.3 Å². The summed E-state index contributed by atoms with van der Waals surface area (Å²) in [6.45, 7) is 3.84. The van der Waals surface area contributed by atoms with Gasteiger partial charge in [-0.15, -0.1) is 0 Å². The zero-order valence-electron chi connectivity index (χ0n) is 34.5. The fourth-order valence-electron chi connectivity index (χ4n) is 7.51. The Morgan fingerprint density at radius 2 is 0.943 bits per heavy atom. The first kappa shape index (κ1) is 50.2. The Labute approximate surface area is 325 Å². The SMILES string of the molecule is CCCCCCCCCCCCCCCCCC(=O)N[C@@H](CO[C@H]1O[C@@H](CO)[C@H](O)C(O)C1O)[C@H](O)CCCCCCCCCCCCCCCCC. The Morgan fingerprint density at radius 3 is 1.34 bits per heavy atom. The molecule has 2 unspecified atom stereocenters. The Hall–Kier alpha value is -0.810. The molecule has 0 bridgehead atoms. The van der Waals surface area contributed by atoms with Crippen LogP contribution in [0.1, 0.15) is 219 Å². The van der Waals surface area contributed by atoms with Gasteiger partial charge in [0.1, 0.15) is 24.4 Å². The number of carbonyl (C=O) groups is 1. The lowest BCUT2D eigenvalue weighted by molar-refractivity contribution is -0.302. The molecule has 0 spiro atoms. The fraction of sp³-hybridized carbons (Fsp3) is 0.977. The molecule has 1 aliphatic heterocycles. The highest BCUT2D eigenvalue weighted by Crippen LogP contribution is 2.23. The summed E-state index contributed by atoms with van der Waals surface area (Å²) < 4.78 is 11.3. The third kappa shape index (κ3) is 26.6. The van der Waals surface area contributed by atoms with Gasteiger partial charge in [0.2, 0.25) is 5.91 Å². The lowest BCUT2D eigenvalue weighted by atomic mass is 9.99. The van der Waals surface area contributed by atoms with Gasteiger partial charge in [-0.2, -0.15) is 0 Å². The molecule has 53 heavy (non-hydrogen) atoms. The van der Waals surface area contributed by atoms with Crippen LogP contribution in [-0.2, 0) is 14.3 Å². The first-order chi connectivity index (χ1) is 25.8. The van der Waals surface area contributed by atoms with E-state index in [1.165, 1.54) is 154 Å². The van der Waals surface area contributed by atoms with Crippen LogP contribution in [-0.4, -0.2) is 87.5 Å². The van der Waals surface area contributed by atoms with Crippen molar-refractivity contribution in [3.8, 4) is 0 Å². The monoisotopic (exact) mass is 758 g/mol. The molecule has 1 aliphatic rings. The summed E-state index contributed by atoms with van der Waals surface area (Å²) in [5.41, 5.74) is 0. The number of ether oxygens (including phenoxy) is 2. The highest BCUT2D eigenvalue weighted by Gasteiger charge is 2.44. The maximum atomic E-state index is 12.9. The number of aliphatic hydroxyl groups is 5. The van der Waals surface area contributed by atoms with E-state index in [2.05, 4.69) is 19.2 Å². The summed E-state index contributed by atoms with van der Waals surface area (Å²) >= 11 is 0. The number of rotatable bonds is 38. The van der Waals surface area contributed by atoms with Gasteiger partial charge in [0, 0.05) is 6.42 Å². The van der Waals surface area contributed by atoms with Crippen molar-refractivity contribution in [2.75, 3.05) is 13.2 Å². The van der Waals surface area contributed by atoms with Gasteiger partial charge >= 0.3 is 0 Å². The van der Waals surface area contributed by atoms with Gasteiger partial charge in [-0.05, 0) is 12.8 Å². The van der Waals surface area contributed by atoms with Gasteiger partial charge < -0.3 is 40.3 Å². The van der Waals surface area contributed by atoms with E-state index in [1.807, 2.05) is 0 Å². The quantitative estimate of drug-likeness (QED) is 0.0342. The van der Waals surface area contributed by atoms with E-state index in [4.69, 9.17) is 9.47 Å². The molecule has 0 radical (unpaired) electrons. The van der Waals surface area contributed by atoms with Crippen molar-refractivity contribution in [2.45, 2.75) is 262 Å². The zero-order valence-corrected chi connectivity index (χ0v) is 34.5. The van der Waals surface area contributed by atoms with Gasteiger partial charge in [0.05, 0.1) is 25.4 Å². The van der Waals surface area contributed by atoms with Crippen LogP contribution < -0.4 is 5.32 Å². The van der Waals surface area contributed by atoms with Crippen molar-refractivity contribution >= 4 is 5.91 Å². The minimum atomic E-state index is -1.55. The Balaban J connectivity index is 2.33. The molecule has 0 aromatic heterocycles. The van der Waals surface area contributed by atoms with Gasteiger partial charge in [-0.25, -0.2) is 0 Å². The number of carbonyl (C=O) groups excluding carboxylic acids is 1. The maximum Gasteiger partial charge on any atom is 0.220 e. The van der Waals surface area contributed by atoms with Crippen molar-refractivity contribution in [3.63, 3.8) is 0 Å². The molecule has 9 nitrogen and oxygen atoms in total. The average molecular weight is 758 g/mol. The summed E-state index contributed by atoms with van der Waals surface area (Å²) in [6, 6.07) is -0.710. The van der Waals surface area contributed by atoms with Crippen LogP contribution >= 0.6 is 0 Å². The smallest absolute Gasteiger partial charge is 0.220 e. The molecule has 1 saturated heterocycles. The first-order valence-corrected chi connectivity index (χ1v) is 22.7. The van der Waals surface area contributed by atoms with Crippen LogP contribution in [0.15, 0.2) is 0 Å². The number of aliphatic hydroxyl groups excluding tert-OH is 5. The standard InChI is InChI=1S/C44H87NO8/c1-3-5-7-9-11-13-15-17-19-21-23-25-27-29-31-33-38(47)37(36-52-44-43(51)42(50)41(49)39(35-46)53-44)45-40(48)34-32-30-28-26-24-22-20-18-16-14-12-10-8-6-4-2/h37-39,41-44,46-47,49-51H,3-36H2,1-2H3,(H,45,48)/t37-,38+,39-,41-,42?,43?,44-/m0/s1. The Kier molecular flexibility index (Phi) is 33.7. The lowest BCUT2D eigenvalue weighted by Gasteiger charge is -2.40. The number of unbranched alkanes of at least 4 members (excludes halogenated alkanes) is 28. The molecular formula is C44H87NO8. The molecule has 1 heterocycles. The highest BCUT2D eigenvalue weighted by molar-refractivity contribution is 5.76. The topological polar surface area (TPSA) is 149 Å². The lowest BCUT2D eigenvalue weighted by Crippen LogP contribution is -2.60. The number of amides is 1. The van der Waals surface area contributed by atoms with Crippen molar-refractivity contribution in [3.05, 3.63) is 0 Å². The van der Waals surface area contributed by atoms with Crippen LogP contribution in [0.2, 0.25) is 0 Å². The highest BCUT2D eigenvalue weighted by atomic mass is 16.7. The second-order valence-corrected chi connectivity index (χ2v) is 16.2. The van der Waals surface area contributed by atoms with Crippen LogP contribution in [0.3, 0.4) is 0 Å². The number of hydrogen-bond donors (Lipinski definition) is 6. The molecule has 1 amide bonds. The Morgan fingerprint density at radius 1 is 0.566 bits per heavy atom. The van der Waals surface area contributed by atoms with E-state index in [1.54, 1.807) is 0 Å². The van der Waals surface area contributed by atoms with Crippen LogP contribution in [0, 0.1) is 0 Å². The van der Waals surface area contributed by atoms with Crippen molar-refractivity contribution in [2.24, 2.45) is 0 Å². The minimum absolute atomic E-state index is 0.132. The molecular weight excluding hydrogens is 670 g/mol. The molecule has 1 rings (SSSR count). The summed E-state index contributed by atoms with van der Waals surface area (Å²) in [4.78, 5) is 12.9. The largest absolute Gasteiger partial charge is 0.394 e. The van der Waals surface area contributed by atoms with E-state index in [-0.39, 0.29) is 12.5 Å². The molecule has 0 aromatic carbocycles. The van der Waals surface area contributed by atoms with Crippen LogP contribution in [0.5, 0.6) is 0 Å². The van der Waals surface area contributed by atoms with Crippen LogP contribution in [0.25, 0.3) is 0 Å². The molecule has 0 saturated carbocycles. The van der Waals surface area contributed by atoms with Gasteiger partial charge in [0.15, 0.2) is 6.29 Å².